The number of hydrogen-bond donors (Lipinski definition) is 2. The normalized spacial score (nSPS) is 10.0. The SMILES string of the molecule is O=C(Nc1ccc(F)cc1F)C(=O)Nn1cnnc1. The smallest absolute Gasteiger partial charge is 0.315 e. The number of halogens is 2. The summed E-state index contributed by atoms with van der Waals surface area (Å²) in [5.74, 6) is -3.93. The largest absolute Gasteiger partial charge is 0.328 e. The van der Waals surface area contributed by atoms with Gasteiger partial charge in [0, 0.05) is 6.07 Å². The summed E-state index contributed by atoms with van der Waals surface area (Å²) in [5, 5.41) is 8.82. The first-order valence-electron chi connectivity index (χ1n) is 4.98. The van der Waals surface area contributed by atoms with Crippen molar-refractivity contribution in [2.75, 3.05) is 10.7 Å². The minimum absolute atomic E-state index is 0.301. The van der Waals surface area contributed by atoms with E-state index in [0.29, 0.717) is 6.07 Å². The lowest BCUT2D eigenvalue weighted by atomic mass is 10.3. The Morgan fingerprint density at radius 1 is 1.11 bits per heavy atom. The van der Waals surface area contributed by atoms with Crippen LogP contribution in [0, 0.1) is 11.6 Å². The average molecular weight is 267 g/mol. The Morgan fingerprint density at radius 3 is 2.42 bits per heavy atom. The van der Waals surface area contributed by atoms with Crippen LogP contribution in [-0.2, 0) is 9.59 Å². The summed E-state index contributed by atoms with van der Waals surface area (Å²) in [6.07, 6.45) is 2.31. The maximum absolute atomic E-state index is 13.2. The molecular formula is C10H7F2N5O2. The van der Waals surface area contributed by atoms with Gasteiger partial charge in [-0.15, -0.1) is 10.2 Å². The number of carbonyl (C=O) groups excluding carboxylic acids is 2. The molecule has 0 radical (unpaired) electrons. The van der Waals surface area contributed by atoms with Crippen LogP contribution in [0.3, 0.4) is 0 Å². The van der Waals surface area contributed by atoms with Gasteiger partial charge in [0.1, 0.15) is 24.3 Å². The Labute approximate surface area is 105 Å². The summed E-state index contributed by atoms with van der Waals surface area (Å²) < 4.78 is 26.9. The summed E-state index contributed by atoms with van der Waals surface area (Å²) in [7, 11) is 0. The highest BCUT2D eigenvalue weighted by molar-refractivity contribution is 6.42. The lowest BCUT2D eigenvalue weighted by molar-refractivity contribution is -0.133. The first kappa shape index (κ1) is 12.6. The Balaban J connectivity index is 2.02. The zero-order chi connectivity index (χ0) is 13.8. The van der Waals surface area contributed by atoms with Crippen LogP contribution in [0.25, 0.3) is 0 Å². The van der Waals surface area contributed by atoms with E-state index in [1.54, 1.807) is 0 Å². The van der Waals surface area contributed by atoms with Gasteiger partial charge in [0.15, 0.2) is 0 Å². The van der Waals surface area contributed by atoms with Crippen molar-refractivity contribution in [3.8, 4) is 0 Å². The minimum atomic E-state index is -1.11. The predicted molar refractivity (Wildman–Crippen MR) is 59.4 cm³/mol. The van der Waals surface area contributed by atoms with Crippen LogP contribution in [0.1, 0.15) is 0 Å². The van der Waals surface area contributed by atoms with E-state index in [4.69, 9.17) is 0 Å². The van der Waals surface area contributed by atoms with Gasteiger partial charge >= 0.3 is 11.8 Å². The van der Waals surface area contributed by atoms with Crippen molar-refractivity contribution in [3.05, 3.63) is 42.5 Å². The van der Waals surface area contributed by atoms with Crippen LogP contribution < -0.4 is 10.7 Å². The van der Waals surface area contributed by atoms with Crippen LogP contribution >= 0.6 is 0 Å². The number of benzene rings is 1. The first-order valence-corrected chi connectivity index (χ1v) is 4.98. The quantitative estimate of drug-likeness (QED) is 0.764. The maximum atomic E-state index is 13.2. The number of amides is 2. The summed E-state index contributed by atoms with van der Waals surface area (Å²) in [6.45, 7) is 0. The number of nitrogens with one attached hydrogen (secondary N) is 2. The number of aromatic nitrogens is 3. The second-order valence-corrected chi connectivity index (χ2v) is 3.39. The van der Waals surface area contributed by atoms with Gasteiger partial charge in [-0.05, 0) is 12.1 Å². The van der Waals surface area contributed by atoms with Crippen molar-refractivity contribution >= 4 is 17.5 Å². The zero-order valence-electron chi connectivity index (χ0n) is 9.30. The van der Waals surface area contributed by atoms with Crippen LogP contribution in [-0.4, -0.2) is 26.7 Å². The van der Waals surface area contributed by atoms with Gasteiger partial charge in [0.25, 0.3) is 0 Å². The fourth-order valence-electron chi connectivity index (χ4n) is 1.20. The number of hydrogen-bond acceptors (Lipinski definition) is 4. The van der Waals surface area contributed by atoms with Crippen molar-refractivity contribution in [3.63, 3.8) is 0 Å². The third kappa shape index (κ3) is 3.09. The Morgan fingerprint density at radius 2 is 1.79 bits per heavy atom. The summed E-state index contributed by atoms with van der Waals surface area (Å²) in [4.78, 5) is 22.8. The molecule has 2 amide bonds. The molecule has 0 aliphatic heterocycles. The molecule has 0 unspecified atom stereocenters. The summed E-state index contributed by atoms with van der Waals surface area (Å²) >= 11 is 0. The second-order valence-electron chi connectivity index (χ2n) is 3.39. The molecule has 0 fully saturated rings. The van der Waals surface area contributed by atoms with Gasteiger partial charge in [-0.2, -0.15) is 0 Å². The standard InChI is InChI=1S/C10H7F2N5O2/c11-6-1-2-8(7(12)3-6)15-9(18)10(19)16-17-4-13-14-5-17/h1-5H,(H,15,18)(H,16,19). The maximum Gasteiger partial charge on any atom is 0.328 e. The van der Waals surface area contributed by atoms with Crippen LogP contribution in [0.5, 0.6) is 0 Å². The highest BCUT2D eigenvalue weighted by atomic mass is 19.1. The molecule has 0 bridgehead atoms. The molecule has 7 nitrogen and oxygen atoms in total. The average Bonchev–Trinajstić information content (AvgIpc) is 2.85. The molecule has 0 aliphatic carbocycles. The summed E-state index contributed by atoms with van der Waals surface area (Å²) in [6, 6.07) is 2.55. The van der Waals surface area contributed by atoms with Crippen LogP contribution in [0.4, 0.5) is 14.5 Å². The van der Waals surface area contributed by atoms with Crippen molar-refractivity contribution in [1.29, 1.82) is 0 Å². The Kier molecular flexibility index (Phi) is 3.46. The van der Waals surface area contributed by atoms with Crippen molar-refractivity contribution in [1.82, 2.24) is 14.9 Å². The number of rotatable bonds is 2. The zero-order valence-corrected chi connectivity index (χ0v) is 9.30. The number of anilines is 1. The third-order valence-electron chi connectivity index (χ3n) is 2.03. The molecule has 1 aromatic heterocycles. The van der Waals surface area contributed by atoms with Gasteiger partial charge < -0.3 is 5.32 Å². The Bertz CT molecular complexity index is 614. The third-order valence-corrected chi connectivity index (χ3v) is 2.03. The molecular weight excluding hydrogens is 260 g/mol. The first-order chi connectivity index (χ1) is 9.06. The van der Waals surface area contributed by atoms with E-state index in [1.807, 2.05) is 5.32 Å². The molecule has 2 N–H and O–H groups in total. The highest BCUT2D eigenvalue weighted by Gasteiger charge is 2.16. The molecule has 0 atom stereocenters. The molecule has 0 saturated heterocycles. The molecule has 0 spiro atoms. The molecule has 9 heteroatoms. The van der Waals surface area contributed by atoms with Crippen molar-refractivity contribution < 1.29 is 18.4 Å². The molecule has 0 aliphatic rings. The fraction of sp³-hybridized carbons (Fsp3) is 0. The van der Waals surface area contributed by atoms with Gasteiger partial charge in [-0.1, -0.05) is 0 Å². The minimum Gasteiger partial charge on any atom is -0.315 e. The molecule has 1 heterocycles. The van der Waals surface area contributed by atoms with E-state index >= 15 is 0 Å². The lowest BCUT2D eigenvalue weighted by Crippen LogP contribution is -2.33. The fourth-order valence-corrected chi connectivity index (χ4v) is 1.20. The second kappa shape index (κ2) is 5.21. The number of carbonyl (C=O) groups is 2. The monoisotopic (exact) mass is 267 g/mol. The van der Waals surface area contributed by atoms with E-state index in [0.717, 1.165) is 29.5 Å². The van der Waals surface area contributed by atoms with Gasteiger partial charge in [-0.25, -0.2) is 13.5 Å². The van der Waals surface area contributed by atoms with Gasteiger partial charge in [-0.3, -0.25) is 15.0 Å². The highest BCUT2D eigenvalue weighted by Crippen LogP contribution is 2.14. The van der Waals surface area contributed by atoms with Crippen LogP contribution in [0.2, 0.25) is 0 Å². The number of nitrogens with zero attached hydrogens (tertiary/aromatic N) is 3. The topological polar surface area (TPSA) is 88.9 Å². The van der Waals surface area contributed by atoms with Crippen molar-refractivity contribution in [2.45, 2.75) is 0 Å². The predicted octanol–water partition coefficient (Wildman–Crippen LogP) is 0.265. The van der Waals surface area contributed by atoms with Gasteiger partial charge in [0.2, 0.25) is 0 Å². The molecule has 2 rings (SSSR count). The van der Waals surface area contributed by atoms with E-state index in [2.05, 4.69) is 15.6 Å². The van der Waals surface area contributed by atoms with E-state index in [-0.39, 0.29) is 5.69 Å². The lowest BCUT2D eigenvalue weighted by Gasteiger charge is -2.06. The van der Waals surface area contributed by atoms with E-state index in [1.165, 1.54) is 0 Å². The molecule has 2 aromatic rings. The van der Waals surface area contributed by atoms with Crippen molar-refractivity contribution in [2.24, 2.45) is 0 Å². The molecule has 0 saturated carbocycles. The molecule has 98 valence electrons. The van der Waals surface area contributed by atoms with Gasteiger partial charge in [0.05, 0.1) is 5.69 Å². The molecule has 1 aromatic carbocycles. The summed E-state index contributed by atoms with van der Waals surface area (Å²) in [5.41, 5.74) is 1.82. The van der Waals surface area contributed by atoms with Crippen LogP contribution in [0.15, 0.2) is 30.9 Å². The molecule has 19 heavy (non-hydrogen) atoms. The van der Waals surface area contributed by atoms with E-state index in [9.17, 15) is 18.4 Å². The van der Waals surface area contributed by atoms with E-state index < -0.39 is 23.4 Å². The Hall–Kier alpha value is -2.84.